The maximum absolute atomic E-state index is 10.1. The van der Waals surface area contributed by atoms with E-state index in [1.807, 2.05) is 18.2 Å². The molecule has 0 saturated heterocycles. The van der Waals surface area contributed by atoms with Crippen LogP contribution in [-0.4, -0.2) is 25.7 Å². The Labute approximate surface area is 125 Å². The zero-order valence-electron chi connectivity index (χ0n) is 12.5. The van der Waals surface area contributed by atoms with Gasteiger partial charge in [0.1, 0.15) is 5.75 Å². The summed E-state index contributed by atoms with van der Waals surface area (Å²) in [6.45, 7) is 1.29. The van der Waals surface area contributed by atoms with Gasteiger partial charge in [-0.2, -0.15) is 0 Å². The zero-order chi connectivity index (χ0) is 15.0. The van der Waals surface area contributed by atoms with Gasteiger partial charge < -0.3 is 20.6 Å². The molecular formula is C17H21N3O. The fraction of sp³-hybridized carbons (Fsp3) is 0.294. The number of anilines is 2. The van der Waals surface area contributed by atoms with Gasteiger partial charge in [0, 0.05) is 38.4 Å². The van der Waals surface area contributed by atoms with Crippen LogP contribution < -0.4 is 15.5 Å². The molecule has 110 valence electrons. The Kier molecular flexibility index (Phi) is 3.47. The molecule has 0 saturated carbocycles. The first-order valence-electron chi connectivity index (χ1n) is 7.17. The summed E-state index contributed by atoms with van der Waals surface area (Å²) in [5, 5.41) is 10.1. The number of aromatic hydroxyl groups is 1. The first-order valence-corrected chi connectivity index (χ1v) is 7.17. The Balaban J connectivity index is 2.08. The summed E-state index contributed by atoms with van der Waals surface area (Å²) in [6.07, 6.45) is 0. The average Bonchev–Trinajstić information content (AvgIpc) is 2.85. The predicted octanol–water partition coefficient (Wildman–Crippen LogP) is 2.48. The topological polar surface area (TPSA) is 52.7 Å². The van der Waals surface area contributed by atoms with Gasteiger partial charge in [0.05, 0.1) is 11.7 Å². The molecule has 0 amide bonds. The Morgan fingerprint density at radius 1 is 1.19 bits per heavy atom. The summed E-state index contributed by atoms with van der Waals surface area (Å²) in [5.74, 6) is 0.301. The second-order valence-electron chi connectivity index (χ2n) is 5.61. The quantitative estimate of drug-likeness (QED) is 0.908. The second kappa shape index (κ2) is 5.30. The van der Waals surface area contributed by atoms with Crippen LogP contribution in [0.2, 0.25) is 0 Å². The molecule has 2 aromatic rings. The van der Waals surface area contributed by atoms with E-state index in [0.29, 0.717) is 12.3 Å². The molecule has 21 heavy (non-hydrogen) atoms. The lowest BCUT2D eigenvalue weighted by atomic mass is 10.0. The highest BCUT2D eigenvalue weighted by Crippen LogP contribution is 2.43. The number of phenolic OH excluding ortho intramolecular Hbond substituents is 1. The third-order valence-corrected chi connectivity index (χ3v) is 4.15. The van der Waals surface area contributed by atoms with Crippen molar-refractivity contribution in [2.75, 3.05) is 30.4 Å². The van der Waals surface area contributed by atoms with E-state index in [1.54, 1.807) is 6.07 Å². The molecule has 0 aliphatic carbocycles. The smallest absolute Gasteiger partial charge is 0.138 e. The van der Waals surface area contributed by atoms with Gasteiger partial charge in [-0.05, 0) is 23.8 Å². The monoisotopic (exact) mass is 283 g/mol. The number of rotatable bonds is 3. The predicted molar refractivity (Wildman–Crippen MR) is 86.9 cm³/mol. The summed E-state index contributed by atoms with van der Waals surface area (Å²) in [6, 6.07) is 13.9. The molecule has 3 N–H and O–H groups in total. The molecule has 3 rings (SSSR count). The fourth-order valence-corrected chi connectivity index (χ4v) is 3.16. The van der Waals surface area contributed by atoms with Gasteiger partial charge in [-0.1, -0.05) is 24.3 Å². The minimum absolute atomic E-state index is 0.105. The number of benzene rings is 2. The van der Waals surface area contributed by atoms with E-state index in [-0.39, 0.29) is 6.04 Å². The Morgan fingerprint density at radius 3 is 2.62 bits per heavy atom. The van der Waals surface area contributed by atoms with Gasteiger partial charge in [-0.15, -0.1) is 0 Å². The van der Waals surface area contributed by atoms with Gasteiger partial charge in [-0.3, -0.25) is 0 Å². The van der Waals surface area contributed by atoms with Crippen LogP contribution in [-0.2, 0) is 6.54 Å². The van der Waals surface area contributed by atoms with Crippen LogP contribution in [0, 0.1) is 0 Å². The number of fused-ring (bicyclic) bond motifs is 1. The Hall–Kier alpha value is -2.20. The third-order valence-electron chi connectivity index (χ3n) is 4.15. The molecule has 1 aliphatic rings. The van der Waals surface area contributed by atoms with Crippen molar-refractivity contribution in [3.63, 3.8) is 0 Å². The molecule has 1 aliphatic heterocycles. The lowest BCUT2D eigenvalue weighted by molar-refractivity contribution is 0.471. The van der Waals surface area contributed by atoms with E-state index >= 15 is 0 Å². The van der Waals surface area contributed by atoms with E-state index in [2.05, 4.69) is 42.1 Å². The van der Waals surface area contributed by atoms with E-state index in [9.17, 15) is 5.11 Å². The normalized spacial score (nSPS) is 16.9. The van der Waals surface area contributed by atoms with E-state index in [1.165, 1.54) is 16.8 Å². The minimum Gasteiger partial charge on any atom is -0.506 e. The van der Waals surface area contributed by atoms with Gasteiger partial charge in [0.25, 0.3) is 0 Å². The molecule has 1 atom stereocenters. The highest BCUT2D eigenvalue weighted by molar-refractivity contribution is 5.67. The lowest BCUT2D eigenvalue weighted by Gasteiger charge is -2.26. The van der Waals surface area contributed by atoms with Crippen LogP contribution in [0.4, 0.5) is 11.4 Å². The SMILES string of the molecule is CN(C)c1cccc2c1CN(c1ccccc1O)C2CN. The van der Waals surface area contributed by atoms with Crippen molar-refractivity contribution in [1.82, 2.24) is 0 Å². The number of nitrogens with zero attached hydrogens (tertiary/aromatic N) is 2. The first kappa shape index (κ1) is 13.8. The van der Waals surface area contributed by atoms with Crippen molar-refractivity contribution >= 4 is 11.4 Å². The Morgan fingerprint density at radius 2 is 1.95 bits per heavy atom. The molecule has 0 fully saturated rings. The highest BCUT2D eigenvalue weighted by Gasteiger charge is 2.32. The molecule has 1 unspecified atom stereocenters. The van der Waals surface area contributed by atoms with Crippen molar-refractivity contribution in [3.8, 4) is 5.75 Å². The molecule has 4 nitrogen and oxygen atoms in total. The highest BCUT2D eigenvalue weighted by atomic mass is 16.3. The molecule has 1 heterocycles. The molecule has 0 radical (unpaired) electrons. The molecular weight excluding hydrogens is 262 g/mol. The largest absolute Gasteiger partial charge is 0.506 e. The van der Waals surface area contributed by atoms with E-state index in [4.69, 9.17) is 5.73 Å². The summed E-state index contributed by atoms with van der Waals surface area (Å²) in [7, 11) is 4.10. The summed E-state index contributed by atoms with van der Waals surface area (Å²) >= 11 is 0. The molecule has 0 aromatic heterocycles. The zero-order valence-corrected chi connectivity index (χ0v) is 12.5. The summed E-state index contributed by atoms with van der Waals surface area (Å²) in [5.41, 5.74) is 10.6. The second-order valence-corrected chi connectivity index (χ2v) is 5.61. The number of para-hydroxylation sites is 2. The third kappa shape index (κ3) is 2.21. The van der Waals surface area contributed by atoms with E-state index in [0.717, 1.165) is 12.2 Å². The van der Waals surface area contributed by atoms with Crippen LogP contribution in [0.5, 0.6) is 5.75 Å². The van der Waals surface area contributed by atoms with Crippen molar-refractivity contribution in [1.29, 1.82) is 0 Å². The Bertz CT molecular complexity index is 654. The maximum atomic E-state index is 10.1. The van der Waals surface area contributed by atoms with Crippen LogP contribution in [0.25, 0.3) is 0 Å². The fourth-order valence-electron chi connectivity index (χ4n) is 3.16. The van der Waals surface area contributed by atoms with Crippen molar-refractivity contribution in [2.45, 2.75) is 12.6 Å². The summed E-state index contributed by atoms with van der Waals surface area (Å²) in [4.78, 5) is 4.31. The van der Waals surface area contributed by atoms with Crippen LogP contribution in [0.15, 0.2) is 42.5 Å². The van der Waals surface area contributed by atoms with Gasteiger partial charge in [-0.25, -0.2) is 0 Å². The molecule has 0 spiro atoms. The minimum atomic E-state index is 0.105. The maximum Gasteiger partial charge on any atom is 0.138 e. The van der Waals surface area contributed by atoms with Gasteiger partial charge in [0.2, 0.25) is 0 Å². The number of nitrogens with two attached hydrogens (primary N) is 1. The number of hydrogen-bond donors (Lipinski definition) is 2. The van der Waals surface area contributed by atoms with Crippen LogP contribution >= 0.6 is 0 Å². The molecule has 2 aromatic carbocycles. The standard InChI is InChI=1S/C17H21N3O/c1-19(2)14-8-5-6-12-13(14)11-20(16(12)10-18)15-7-3-4-9-17(15)21/h3-9,16,21H,10-11,18H2,1-2H3. The van der Waals surface area contributed by atoms with Crippen molar-refractivity contribution in [3.05, 3.63) is 53.6 Å². The van der Waals surface area contributed by atoms with Crippen LogP contribution in [0.3, 0.4) is 0 Å². The van der Waals surface area contributed by atoms with Crippen LogP contribution in [0.1, 0.15) is 17.2 Å². The van der Waals surface area contributed by atoms with Crippen molar-refractivity contribution < 1.29 is 5.11 Å². The number of hydrogen-bond acceptors (Lipinski definition) is 4. The van der Waals surface area contributed by atoms with Gasteiger partial charge in [0.15, 0.2) is 0 Å². The number of phenols is 1. The van der Waals surface area contributed by atoms with Crippen molar-refractivity contribution in [2.24, 2.45) is 5.73 Å². The summed E-state index contributed by atoms with van der Waals surface area (Å²) < 4.78 is 0. The van der Waals surface area contributed by atoms with Gasteiger partial charge >= 0.3 is 0 Å². The lowest BCUT2D eigenvalue weighted by Crippen LogP contribution is -2.27. The van der Waals surface area contributed by atoms with E-state index < -0.39 is 0 Å². The molecule has 4 heteroatoms. The first-order chi connectivity index (χ1) is 10.1. The molecule has 0 bridgehead atoms. The average molecular weight is 283 g/mol.